The van der Waals surface area contributed by atoms with Gasteiger partial charge in [-0.25, -0.2) is 0 Å². The van der Waals surface area contributed by atoms with Crippen molar-refractivity contribution in [3.8, 4) is 0 Å². The topological polar surface area (TPSA) is 0 Å². The third-order valence-electron chi connectivity index (χ3n) is 1.67. The van der Waals surface area contributed by atoms with Crippen LogP contribution in [0.5, 0.6) is 0 Å². The normalized spacial score (nSPS) is 9.70. The molecule has 0 amide bonds. The molecule has 10 heavy (non-hydrogen) atoms. The molecule has 50 valence electrons. The summed E-state index contributed by atoms with van der Waals surface area (Å²) in [5.74, 6) is 0. The van der Waals surface area contributed by atoms with E-state index in [1.165, 1.54) is 11.1 Å². The fourth-order valence-corrected chi connectivity index (χ4v) is 0.911. The number of hydrogen-bond donors (Lipinski definition) is 0. The van der Waals surface area contributed by atoms with Gasteiger partial charge in [0.15, 0.2) is 0 Å². The van der Waals surface area contributed by atoms with Gasteiger partial charge in [0.2, 0.25) is 0 Å². The van der Waals surface area contributed by atoms with Crippen LogP contribution in [0, 0.1) is 0 Å². The molecule has 1 rings (SSSR count). The van der Waals surface area contributed by atoms with Crippen LogP contribution >= 0.6 is 0 Å². The summed E-state index contributed by atoms with van der Waals surface area (Å²) in [6.45, 7) is 2.15. The summed E-state index contributed by atoms with van der Waals surface area (Å²) >= 11 is 0. The second-order valence-corrected chi connectivity index (χ2v) is 2.37. The molecule has 0 fully saturated rings. The molecule has 0 bridgehead atoms. The minimum atomic E-state index is 0.643. The molecule has 0 aliphatic heterocycles. The van der Waals surface area contributed by atoms with E-state index in [4.69, 9.17) is 7.85 Å². The Bertz CT molecular complexity index is 165. The largest absolute Gasteiger partial charge is 0.0716 e. The molecule has 0 N–H and O–H groups in total. The molecule has 0 heterocycles. The van der Waals surface area contributed by atoms with E-state index in [1.54, 1.807) is 0 Å². The van der Waals surface area contributed by atoms with Gasteiger partial charge < -0.3 is 0 Å². The van der Waals surface area contributed by atoms with Crippen molar-refractivity contribution in [3.63, 3.8) is 0 Å². The highest BCUT2D eigenvalue weighted by atomic mass is 13.9. The van der Waals surface area contributed by atoms with Gasteiger partial charge in [0.05, 0.1) is 7.85 Å². The highest BCUT2D eigenvalue weighted by Gasteiger charge is 1.88. The average Bonchev–Trinajstić information content (AvgIpc) is 2.05. The van der Waals surface area contributed by atoms with Crippen molar-refractivity contribution >= 4 is 7.85 Å². The van der Waals surface area contributed by atoms with Crippen LogP contribution in [0.4, 0.5) is 0 Å². The Morgan fingerprint density at radius 1 is 1.10 bits per heavy atom. The third kappa shape index (κ3) is 1.63. The van der Waals surface area contributed by atoms with Crippen LogP contribution < -0.4 is 0 Å². The fraction of sp³-hybridized carbons (Fsp3) is 0.333. The van der Waals surface area contributed by atoms with E-state index < -0.39 is 0 Å². The molecule has 0 nitrogen and oxygen atoms in total. The first kappa shape index (κ1) is 7.39. The van der Waals surface area contributed by atoms with Crippen LogP contribution in [-0.2, 0) is 12.7 Å². The summed E-state index contributed by atoms with van der Waals surface area (Å²) in [6.07, 6.45) is 1.74. The van der Waals surface area contributed by atoms with Gasteiger partial charge in [0.1, 0.15) is 0 Å². The molecule has 1 heteroatoms. The number of aryl methyl sites for hydroxylation is 1. The summed E-state index contributed by atoms with van der Waals surface area (Å²) < 4.78 is 0. The molecule has 0 spiro atoms. The third-order valence-corrected chi connectivity index (χ3v) is 1.67. The molecule has 0 atom stereocenters. The number of hydrogen-bond acceptors (Lipinski definition) is 0. The maximum atomic E-state index is 5.44. The van der Waals surface area contributed by atoms with Crippen molar-refractivity contribution < 1.29 is 0 Å². The molecule has 0 aliphatic rings. The molecular formula is C9H11B. The number of rotatable bonds is 2. The minimum absolute atomic E-state index is 0.643. The van der Waals surface area contributed by atoms with Crippen LogP contribution in [0.15, 0.2) is 24.3 Å². The zero-order valence-electron chi connectivity index (χ0n) is 6.30. The Kier molecular flexibility index (Phi) is 2.55. The lowest BCUT2D eigenvalue weighted by atomic mass is 9.96. The SMILES string of the molecule is [B]Cc1ccc(CC)cc1. The molecule has 0 saturated heterocycles. The standard InChI is InChI=1S/C9H11B/c1-2-8-3-5-9(7-10)6-4-8/h3-6H,2,7H2,1H3. The Labute approximate surface area is 63.7 Å². The molecule has 0 unspecified atom stereocenters. The van der Waals surface area contributed by atoms with Crippen LogP contribution in [0.2, 0.25) is 0 Å². The van der Waals surface area contributed by atoms with Crippen molar-refractivity contribution in [1.29, 1.82) is 0 Å². The van der Waals surface area contributed by atoms with E-state index in [1.807, 2.05) is 0 Å². The van der Waals surface area contributed by atoms with Gasteiger partial charge in [0, 0.05) is 0 Å². The van der Waals surface area contributed by atoms with Crippen LogP contribution in [-0.4, -0.2) is 7.85 Å². The molecule has 0 aliphatic carbocycles. The predicted molar refractivity (Wildman–Crippen MR) is 45.3 cm³/mol. The summed E-state index contributed by atoms with van der Waals surface area (Å²) in [6, 6.07) is 8.42. The minimum Gasteiger partial charge on any atom is -0.0643 e. The van der Waals surface area contributed by atoms with Crippen LogP contribution in [0.3, 0.4) is 0 Å². The van der Waals surface area contributed by atoms with Gasteiger partial charge in [-0.15, -0.1) is 0 Å². The first-order valence-corrected chi connectivity index (χ1v) is 3.64. The monoisotopic (exact) mass is 130 g/mol. The summed E-state index contributed by atoms with van der Waals surface area (Å²) in [5.41, 5.74) is 2.58. The Balaban J connectivity index is 2.80. The van der Waals surface area contributed by atoms with E-state index in [2.05, 4.69) is 31.2 Å². The van der Waals surface area contributed by atoms with Gasteiger partial charge >= 0.3 is 0 Å². The summed E-state index contributed by atoms with van der Waals surface area (Å²) in [5, 5.41) is 0. The Morgan fingerprint density at radius 2 is 1.60 bits per heavy atom. The lowest BCUT2D eigenvalue weighted by Gasteiger charge is -1.97. The van der Waals surface area contributed by atoms with Gasteiger partial charge in [0.25, 0.3) is 0 Å². The number of benzene rings is 1. The van der Waals surface area contributed by atoms with E-state index in [-0.39, 0.29) is 0 Å². The van der Waals surface area contributed by atoms with Crippen LogP contribution in [0.25, 0.3) is 0 Å². The highest BCUT2D eigenvalue weighted by Crippen LogP contribution is 2.03. The van der Waals surface area contributed by atoms with Gasteiger partial charge in [-0.3, -0.25) is 0 Å². The molecule has 0 saturated carbocycles. The molecular weight excluding hydrogens is 119 g/mol. The van der Waals surface area contributed by atoms with Crippen LogP contribution in [0.1, 0.15) is 18.1 Å². The van der Waals surface area contributed by atoms with Crippen molar-refractivity contribution in [2.75, 3.05) is 0 Å². The second-order valence-electron chi connectivity index (χ2n) is 2.37. The van der Waals surface area contributed by atoms with E-state index >= 15 is 0 Å². The summed E-state index contributed by atoms with van der Waals surface area (Å²) in [7, 11) is 5.44. The second kappa shape index (κ2) is 3.45. The van der Waals surface area contributed by atoms with E-state index in [9.17, 15) is 0 Å². The van der Waals surface area contributed by atoms with Crippen molar-refractivity contribution in [2.24, 2.45) is 0 Å². The zero-order chi connectivity index (χ0) is 7.40. The van der Waals surface area contributed by atoms with E-state index in [0.717, 1.165) is 6.42 Å². The van der Waals surface area contributed by atoms with Crippen molar-refractivity contribution in [3.05, 3.63) is 35.4 Å². The zero-order valence-corrected chi connectivity index (χ0v) is 6.30. The molecule has 1 aromatic rings. The maximum Gasteiger partial charge on any atom is 0.0716 e. The van der Waals surface area contributed by atoms with E-state index in [0.29, 0.717) is 6.32 Å². The lowest BCUT2D eigenvalue weighted by Crippen LogP contribution is -1.84. The van der Waals surface area contributed by atoms with Gasteiger partial charge in [-0.2, -0.15) is 0 Å². The molecule has 1 aromatic carbocycles. The maximum absolute atomic E-state index is 5.44. The molecule has 0 aromatic heterocycles. The van der Waals surface area contributed by atoms with Gasteiger partial charge in [-0.1, -0.05) is 43.1 Å². The highest BCUT2D eigenvalue weighted by molar-refractivity contribution is 6.08. The smallest absolute Gasteiger partial charge is 0.0643 e. The Morgan fingerprint density at radius 3 is 2.00 bits per heavy atom. The summed E-state index contributed by atoms with van der Waals surface area (Å²) in [4.78, 5) is 0. The molecule has 2 radical (unpaired) electrons. The Hall–Kier alpha value is -0.715. The van der Waals surface area contributed by atoms with Gasteiger partial charge in [-0.05, 0) is 12.0 Å². The van der Waals surface area contributed by atoms with Crippen molar-refractivity contribution in [1.82, 2.24) is 0 Å². The first-order chi connectivity index (χ1) is 4.86. The van der Waals surface area contributed by atoms with Crippen molar-refractivity contribution in [2.45, 2.75) is 19.7 Å². The quantitative estimate of drug-likeness (QED) is 0.536. The lowest BCUT2D eigenvalue weighted by molar-refractivity contribution is 1.13. The first-order valence-electron chi connectivity index (χ1n) is 3.64. The fourth-order valence-electron chi connectivity index (χ4n) is 0.911. The average molecular weight is 130 g/mol. The predicted octanol–water partition coefficient (Wildman–Crippen LogP) is 1.92.